The van der Waals surface area contributed by atoms with Gasteiger partial charge in [0.15, 0.2) is 0 Å². The molecule has 0 amide bonds. The Morgan fingerprint density at radius 3 is 2.71 bits per heavy atom. The maximum absolute atomic E-state index is 5.97. The number of nitrogens with one attached hydrogen (secondary N) is 1. The second-order valence-electron chi connectivity index (χ2n) is 6.41. The molecule has 1 heterocycles. The monoisotopic (exact) mass is 350 g/mol. The third kappa shape index (κ3) is 2.89. The number of nitrogens with zero attached hydrogens (tertiary/aromatic N) is 1. The van der Waals surface area contributed by atoms with Crippen LogP contribution < -0.4 is 5.32 Å². The minimum atomic E-state index is 0.230. The van der Waals surface area contributed by atoms with Gasteiger partial charge in [0.1, 0.15) is 11.3 Å². The first-order chi connectivity index (χ1) is 10.00. The summed E-state index contributed by atoms with van der Waals surface area (Å²) in [6, 6.07) is 8.50. The zero-order valence-corrected chi connectivity index (χ0v) is 14.5. The zero-order valence-electron chi connectivity index (χ0n) is 12.9. The van der Waals surface area contributed by atoms with E-state index < -0.39 is 0 Å². The minimum Gasteiger partial charge on any atom is -0.459 e. The topological polar surface area (TPSA) is 28.4 Å². The van der Waals surface area contributed by atoms with Crippen LogP contribution in [-0.4, -0.2) is 31.1 Å². The molecule has 1 saturated carbocycles. The smallest absolute Gasteiger partial charge is 0.134 e. The summed E-state index contributed by atoms with van der Waals surface area (Å²) in [5.41, 5.74) is 1.29. The van der Waals surface area contributed by atoms with Crippen molar-refractivity contribution in [2.24, 2.45) is 0 Å². The molecule has 114 valence electrons. The van der Waals surface area contributed by atoms with E-state index in [1.165, 1.54) is 19.3 Å². The Hall–Kier alpha value is -0.840. The largest absolute Gasteiger partial charge is 0.459 e. The van der Waals surface area contributed by atoms with Crippen LogP contribution in [0.25, 0.3) is 11.0 Å². The normalized spacial score (nSPS) is 18.9. The standard InChI is InChI=1S/C17H23BrN2O/c1-12(19-11-17(20(2)3)7-4-8-17)16-10-13-9-14(18)5-6-15(13)21-16/h5-6,9-10,12,19H,4,7-8,11H2,1-3H3. The molecule has 0 aliphatic heterocycles. The summed E-state index contributed by atoms with van der Waals surface area (Å²) in [4.78, 5) is 2.37. The van der Waals surface area contributed by atoms with Crippen molar-refractivity contribution < 1.29 is 4.42 Å². The average Bonchev–Trinajstić information content (AvgIpc) is 2.79. The van der Waals surface area contributed by atoms with Crippen molar-refractivity contribution >= 4 is 26.9 Å². The molecule has 1 unspecified atom stereocenters. The molecular weight excluding hydrogens is 328 g/mol. The molecule has 0 spiro atoms. The van der Waals surface area contributed by atoms with Crippen LogP contribution in [0.1, 0.15) is 38.0 Å². The highest BCUT2D eigenvalue weighted by molar-refractivity contribution is 9.10. The van der Waals surface area contributed by atoms with Gasteiger partial charge in [-0.2, -0.15) is 0 Å². The number of rotatable bonds is 5. The lowest BCUT2D eigenvalue weighted by molar-refractivity contribution is 0.0570. The van der Waals surface area contributed by atoms with Crippen molar-refractivity contribution in [1.29, 1.82) is 0 Å². The van der Waals surface area contributed by atoms with Gasteiger partial charge >= 0.3 is 0 Å². The lowest BCUT2D eigenvalue weighted by Crippen LogP contribution is -2.56. The van der Waals surface area contributed by atoms with Crippen molar-refractivity contribution in [3.8, 4) is 0 Å². The van der Waals surface area contributed by atoms with Crippen LogP contribution in [0.5, 0.6) is 0 Å². The quantitative estimate of drug-likeness (QED) is 0.869. The van der Waals surface area contributed by atoms with Crippen LogP contribution >= 0.6 is 15.9 Å². The van der Waals surface area contributed by atoms with Crippen LogP contribution in [0, 0.1) is 0 Å². The fraction of sp³-hybridized carbons (Fsp3) is 0.529. The van der Waals surface area contributed by atoms with Crippen LogP contribution in [0.3, 0.4) is 0 Å². The molecule has 1 atom stereocenters. The zero-order chi connectivity index (χ0) is 15.0. The van der Waals surface area contributed by atoms with Gasteiger partial charge in [0, 0.05) is 21.9 Å². The molecule has 1 N–H and O–H groups in total. The summed E-state index contributed by atoms with van der Waals surface area (Å²) in [5, 5.41) is 4.80. The number of hydrogen-bond acceptors (Lipinski definition) is 3. The molecule has 2 aromatic rings. The van der Waals surface area contributed by atoms with Crippen LogP contribution in [-0.2, 0) is 0 Å². The molecule has 1 aromatic carbocycles. The third-order valence-corrected chi connectivity index (χ3v) is 5.39. The van der Waals surface area contributed by atoms with E-state index in [0.29, 0.717) is 5.54 Å². The predicted octanol–water partition coefficient (Wildman–Crippen LogP) is 4.33. The first-order valence-electron chi connectivity index (χ1n) is 7.60. The van der Waals surface area contributed by atoms with E-state index in [4.69, 9.17) is 4.42 Å². The van der Waals surface area contributed by atoms with Crippen molar-refractivity contribution in [1.82, 2.24) is 10.2 Å². The van der Waals surface area contributed by atoms with Crippen molar-refractivity contribution in [2.45, 2.75) is 37.8 Å². The van der Waals surface area contributed by atoms with E-state index >= 15 is 0 Å². The third-order valence-electron chi connectivity index (χ3n) is 4.89. The van der Waals surface area contributed by atoms with E-state index in [9.17, 15) is 0 Å². The van der Waals surface area contributed by atoms with Gasteiger partial charge < -0.3 is 14.6 Å². The molecule has 3 rings (SSSR count). The summed E-state index contributed by atoms with van der Waals surface area (Å²) in [6.07, 6.45) is 3.91. The number of hydrogen-bond donors (Lipinski definition) is 1. The highest BCUT2D eigenvalue weighted by Gasteiger charge is 2.38. The van der Waals surface area contributed by atoms with Gasteiger partial charge in [0.25, 0.3) is 0 Å². The highest BCUT2D eigenvalue weighted by Crippen LogP contribution is 2.36. The summed E-state index contributed by atoms with van der Waals surface area (Å²) < 4.78 is 7.05. The first kappa shape index (κ1) is 15.1. The summed E-state index contributed by atoms with van der Waals surface area (Å²) in [6.45, 7) is 3.19. The lowest BCUT2D eigenvalue weighted by atomic mass is 9.75. The van der Waals surface area contributed by atoms with Crippen LogP contribution in [0.4, 0.5) is 0 Å². The SMILES string of the molecule is CC(NCC1(N(C)C)CCC1)c1cc2cc(Br)ccc2o1. The number of furan rings is 1. The Kier molecular flexibility index (Phi) is 4.12. The van der Waals surface area contributed by atoms with Crippen LogP contribution in [0.2, 0.25) is 0 Å². The Morgan fingerprint density at radius 2 is 2.10 bits per heavy atom. The number of benzene rings is 1. The second-order valence-corrected chi connectivity index (χ2v) is 7.32. The number of likely N-dealkylation sites (N-methyl/N-ethyl adjacent to an activating group) is 1. The van der Waals surface area contributed by atoms with Gasteiger partial charge in [-0.25, -0.2) is 0 Å². The average molecular weight is 351 g/mol. The Balaban J connectivity index is 1.70. The molecule has 0 radical (unpaired) electrons. The van der Waals surface area contributed by atoms with E-state index in [0.717, 1.165) is 27.7 Å². The molecule has 0 saturated heterocycles. The summed E-state index contributed by atoms with van der Waals surface area (Å²) >= 11 is 3.51. The van der Waals surface area contributed by atoms with E-state index in [2.05, 4.69) is 59.3 Å². The maximum atomic E-state index is 5.97. The lowest BCUT2D eigenvalue weighted by Gasteiger charge is -2.48. The van der Waals surface area contributed by atoms with E-state index in [-0.39, 0.29) is 6.04 Å². The Labute approximate surface area is 134 Å². The van der Waals surface area contributed by atoms with E-state index in [1.807, 2.05) is 12.1 Å². The number of halogens is 1. The maximum Gasteiger partial charge on any atom is 0.134 e. The molecule has 1 aliphatic rings. The molecule has 1 aromatic heterocycles. The number of fused-ring (bicyclic) bond motifs is 1. The van der Waals surface area contributed by atoms with Gasteiger partial charge in [0.2, 0.25) is 0 Å². The molecule has 0 bridgehead atoms. The van der Waals surface area contributed by atoms with Crippen molar-refractivity contribution in [3.63, 3.8) is 0 Å². The van der Waals surface area contributed by atoms with Gasteiger partial charge in [-0.15, -0.1) is 0 Å². The van der Waals surface area contributed by atoms with Crippen molar-refractivity contribution in [3.05, 3.63) is 34.5 Å². The Morgan fingerprint density at radius 1 is 1.33 bits per heavy atom. The Bertz CT molecular complexity index is 631. The predicted molar refractivity (Wildman–Crippen MR) is 90.6 cm³/mol. The van der Waals surface area contributed by atoms with Gasteiger partial charge in [-0.1, -0.05) is 15.9 Å². The van der Waals surface area contributed by atoms with Gasteiger partial charge in [0.05, 0.1) is 6.04 Å². The first-order valence-corrected chi connectivity index (χ1v) is 8.39. The van der Waals surface area contributed by atoms with Crippen molar-refractivity contribution in [2.75, 3.05) is 20.6 Å². The van der Waals surface area contributed by atoms with Gasteiger partial charge in [-0.05, 0) is 64.5 Å². The fourth-order valence-corrected chi connectivity index (χ4v) is 3.44. The molecule has 4 heteroatoms. The molecule has 21 heavy (non-hydrogen) atoms. The molecule has 1 aliphatic carbocycles. The van der Waals surface area contributed by atoms with E-state index in [1.54, 1.807) is 0 Å². The fourth-order valence-electron chi connectivity index (χ4n) is 3.06. The molecule has 3 nitrogen and oxygen atoms in total. The highest BCUT2D eigenvalue weighted by atomic mass is 79.9. The molecular formula is C17H23BrN2O. The minimum absolute atomic E-state index is 0.230. The van der Waals surface area contributed by atoms with Gasteiger partial charge in [-0.3, -0.25) is 0 Å². The molecule has 1 fully saturated rings. The summed E-state index contributed by atoms with van der Waals surface area (Å²) in [5.74, 6) is 1.01. The summed E-state index contributed by atoms with van der Waals surface area (Å²) in [7, 11) is 4.37. The van der Waals surface area contributed by atoms with Crippen LogP contribution in [0.15, 0.2) is 33.2 Å². The second kappa shape index (κ2) is 5.75.